The van der Waals surface area contributed by atoms with Gasteiger partial charge in [0.1, 0.15) is 0 Å². The predicted molar refractivity (Wildman–Crippen MR) is 27.6 cm³/mol. The Kier molecular flexibility index (Phi) is 114. The SMILES string of the molecule is S.[Ba].[Ga].[Se]. The summed E-state index contributed by atoms with van der Waals surface area (Å²) in [6, 6.07) is 0. The maximum Gasteiger partial charge on any atom is 0 e. The molecule has 0 bridgehead atoms. The summed E-state index contributed by atoms with van der Waals surface area (Å²) in [5.74, 6) is 0. The summed E-state index contributed by atoms with van der Waals surface area (Å²) in [5.41, 5.74) is 0. The van der Waals surface area contributed by atoms with Crippen molar-refractivity contribution in [1.29, 1.82) is 0 Å². The van der Waals surface area contributed by atoms with Crippen LogP contribution in [0.25, 0.3) is 0 Å². The number of rotatable bonds is 0. The Balaban J connectivity index is 0. The zero-order valence-corrected chi connectivity index (χ0v) is 11.8. The Bertz CT molecular complexity index is 8.00. The number of hydrogen-bond donors (Lipinski definition) is 0. The fourth-order valence-corrected chi connectivity index (χ4v) is 0. The molecule has 0 rings (SSSR count). The second-order valence-electron chi connectivity index (χ2n) is 0. The molecule has 0 aliphatic rings. The van der Waals surface area contributed by atoms with Gasteiger partial charge in [-0.3, -0.25) is 0 Å². The van der Waals surface area contributed by atoms with Crippen molar-refractivity contribution in [2.45, 2.75) is 0 Å². The summed E-state index contributed by atoms with van der Waals surface area (Å²) in [4.78, 5) is 0. The van der Waals surface area contributed by atoms with E-state index >= 15 is 0 Å². The smallest absolute Gasteiger partial charge is 0 e. The van der Waals surface area contributed by atoms with E-state index in [1.54, 1.807) is 0 Å². The summed E-state index contributed by atoms with van der Waals surface area (Å²) >= 11 is 0. The molecule has 0 nitrogen and oxygen atoms in total. The minimum absolute atomic E-state index is 0. The monoisotopic (exact) mass is 321 g/mol. The van der Waals surface area contributed by atoms with Crippen molar-refractivity contribution in [2.24, 2.45) is 0 Å². The van der Waals surface area contributed by atoms with Gasteiger partial charge in [0.2, 0.25) is 0 Å². The van der Waals surface area contributed by atoms with Gasteiger partial charge >= 0.3 is 0 Å². The Morgan fingerprint density at radius 1 is 1.00 bits per heavy atom. The molecule has 4 heteroatoms. The average molecular weight is 320 g/mol. The molecule has 7 radical (unpaired) electrons. The minimum Gasteiger partial charge on any atom is -0.197 e. The number of hydrogen-bond acceptors (Lipinski definition) is 0. The van der Waals surface area contributed by atoms with Crippen molar-refractivity contribution in [3.63, 3.8) is 0 Å². The van der Waals surface area contributed by atoms with Crippen molar-refractivity contribution in [2.75, 3.05) is 0 Å². The molecule has 19 valence electrons. The van der Waals surface area contributed by atoms with Crippen molar-refractivity contribution in [3.05, 3.63) is 0 Å². The first-order chi connectivity index (χ1) is 0. The van der Waals surface area contributed by atoms with Crippen LogP contribution in [0.4, 0.5) is 0 Å². The van der Waals surface area contributed by atoms with Crippen molar-refractivity contribution >= 4 is 99.2 Å². The summed E-state index contributed by atoms with van der Waals surface area (Å²) < 4.78 is 0. The zero-order chi connectivity index (χ0) is 0. The molecule has 0 spiro atoms. The van der Waals surface area contributed by atoms with Gasteiger partial charge in [0.25, 0.3) is 0 Å². The van der Waals surface area contributed by atoms with Crippen LogP contribution in [0.1, 0.15) is 0 Å². The molecule has 0 aromatic rings. The maximum absolute atomic E-state index is 0. The second kappa shape index (κ2) is 16.5. The third-order valence-electron chi connectivity index (χ3n) is 0. The quantitative estimate of drug-likeness (QED) is 0.501. The third kappa shape index (κ3) is 8.91. The van der Waals surface area contributed by atoms with Crippen molar-refractivity contribution < 1.29 is 0 Å². The summed E-state index contributed by atoms with van der Waals surface area (Å²) in [6.45, 7) is 0. The molecule has 0 aliphatic heterocycles. The molecule has 0 N–H and O–H groups in total. The van der Waals surface area contributed by atoms with Gasteiger partial charge in [0, 0.05) is 85.7 Å². The van der Waals surface area contributed by atoms with Gasteiger partial charge in [0.15, 0.2) is 0 Å². The van der Waals surface area contributed by atoms with Gasteiger partial charge in [-0.2, -0.15) is 13.5 Å². The summed E-state index contributed by atoms with van der Waals surface area (Å²) in [5, 5.41) is 0. The Labute approximate surface area is 96.9 Å². The molecule has 0 aromatic carbocycles. The van der Waals surface area contributed by atoms with Crippen LogP contribution in [-0.4, -0.2) is 85.7 Å². The van der Waals surface area contributed by atoms with E-state index in [-0.39, 0.29) is 99.2 Å². The van der Waals surface area contributed by atoms with E-state index in [1.807, 2.05) is 0 Å². The zero-order valence-electron chi connectivity index (χ0n) is 2.19. The van der Waals surface area contributed by atoms with E-state index in [4.69, 9.17) is 0 Å². The molecule has 0 saturated carbocycles. The van der Waals surface area contributed by atoms with E-state index in [0.717, 1.165) is 0 Å². The minimum atomic E-state index is 0. The van der Waals surface area contributed by atoms with E-state index in [1.165, 1.54) is 0 Å². The van der Waals surface area contributed by atoms with Crippen LogP contribution in [-0.2, 0) is 0 Å². The van der Waals surface area contributed by atoms with Crippen molar-refractivity contribution in [3.8, 4) is 0 Å². The van der Waals surface area contributed by atoms with Crippen LogP contribution >= 0.6 is 13.5 Å². The van der Waals surface area contributed by atoms with Crippen LogP contribution < -0.4 is 0 Å². The third-order valence-corrected chi connectivity index (χ3v) is 0. The van der Waals surface area contributed by atoms with E-state index < -0.39 is 0 Å². The van der Waals surface area contributed by atoms with Gasteiger partial charge in [-0.25, -0.2) is 0 Å². The molecular weight excluding hydrogens is 318 g/mol. The van der Waals surface area contributed by atoms with Crippen LogP contribution in [0.3, 0.4) is 0 Å². The van der Waals surface area contributed by atoms with Crippen LogP contribution in [0.5, 0.6) is 0 Å². The van der Waals surface area contributed by atoms with E-state index in [0.29, 0.717) is 0 Å². The van der Waals surface area contributed by atoms with E-state index in [9.17, 15) is 0 Å². The largest absolute Gasteiger partial charge is 0.197 e. The standard InChI is InChI=1S/Ba.Ga.H2S.Se/h;;1H2;. The first kappa shape index (κ1) is 27.6. The van der Waals surface area contributed by atoms with Gasteiger partial charge in [-0.15, -0.1) is 0 Å². The molecule has 0 amide bonds. The average Bonchev–Trinajstić information content (AvgIpc) is 0. The Morgan fingerprint density at radius 3 is 1.00 bits per heavy atom. The predicted octanol–water partition coefficient (Wildman–Crippen LogP) is -1.03. The molecule has 0 heterocycles. The van der Waals surface area contributed by atoms with Gasteiger partial charge in [-0.1, -0.05) is 0 Å². The second-order valence-corrected chi connectivity index (χ2v) is 0. The van der Waals surface area contributed by atoms with Crippen LogP contribution in [0.15, 0.2) is 0 Å². The fourth-order valence-electron chi connectivity index (χ4n) is 0. The van der Waals surface area contributed by atoms with Crippen LogP contribution in [0.2, 0.25) is 0 Å². The normalized spacial score (nSPS) is 0. The fraction of sp³-hybridized carbons (Fsp3) is 0. The molecule has 0 unspecified atom stereocenters. The molecule has 4 heavy (non-hydrogen) atoms. The maximum atomic E-state index is 0. The molecular formula is H2BaGaSSe. The van der Waals surface area contributed by atoms with Crippen LogP contribution in [0, 0.1) is 0 Å². The first-order valence-corrected chi connectivity index (χ1v) is 0. The van der Waals surface area contributed by atoms with E-state index in [2.05, 4.69) is 0 Å². The topological polar surface area (TPSA) is 0 Å². The summed E-state index contributed by atoms with van der Waals surface area (Å²) in [6.07, 6.45) is 0. The molecule has 0 saturated heterocycles. The van der Waals surface area contributed by atoms with Crippen molar-refractivity contribution in [1.82, 2.24) is 0 Å². The molecule has 0 fully saturated rings. The van der Waals surface area contributed by atoms with Gasteiger partial charge < -0.3 is 0 Å². The molecule has 0 atom stereocenters. The molecule has 0 aliphatic carbocycles. The summed E-state index contributed by atoms with van der Waals surface area (Å²) in [7, 11) is 0. The molecule has 0 aromatic heterocycles. The first-order valence-electron chi connectivity index (χ1n) is 0. The Hall–Kier alpha value is 3.08. The van der Waals surface area contributed by atoms with Gasteiger partial charge in [-0.05, 0) is 0 Å². The Morgan fingerprint density at radius 2 is 1.00 bits per heavy atom. The van der Waals surface area contributed by atoms with Gasteiger partial charge in [0.05, 0.1) is 0 Å².